The largest absolute Gasteiger partial charge is 0.380 e. The van der Waals surface area contributed by atoms with Crippen molar-refractivity contribution in [2.24, 2.45) is 0 Å². The molecule has 0 unspecified atom stereocenters. The summed E-state index contributed by atoms with van der Waals surface area (Å²) in [5.41, 5.74) is 0.879. The van der Waals surface area contributed by atoms with E-state index in [1.54, 1.807) is 7.11 Å². The first-order valence-electron chi connectivity index (χ1n) is 6.26. The number of rotatable bonds is 6. The maximum atomic E-state index is 13.8. The van der Waals surface area contributed by atoms with E-state index in [2.05, 4.69) is 12.2 Å². The number of hydrogen-bond acceptors (Lipinski definition) is 3. The van der Waals surface area contributed by atoms with Crippen molar-refractivity contribution >= 4 is 21.4 Å². The predicted octanol–water partition coefficient (Wildman–Crippen LogP) is 3.83. The molecule has 0 amide bonds. The van der Waals surface area contributed by atoms with Crippen LogP contribution < -0.4 is 5.32 Å². The Hall–Kier alpha value is -1.04. The lowest BCUT2D eigenvalue weighted by Gasteiger charge is -2.05. The van der Waals surface area contributed by atoms with Gasteiger partial charge in [0.2, 0.25) is 0 Å². The fourth-order valence-corrected chi connectivity index (χ4v) is 3.21. The second-order valence-electron chi connectivity index (χ2n) is 4.38. The molecule has 1 aromatic heterocycles. The van der Waals surface area contributed by atoms with Crippen molar-refractivity contribution in [3.63, 3.8) is 0 Å². The third-order valence-electron chi connectivity index (χ3n) is 2.90. The SMILES string of the molecule is CCCNCc1sc2c(F)cc(F)cc2c1COC. The van der Waals surface area contributed by atoms with Gasteiger partial charge in [0.05, 0.1) is 11.3 Å². The highest BCUT2D eigenvalue weighted by molar-refractivity contribution is 7.19. The Balaban J connectivity index is 2.44. The molecule has 1 N–H and O–H groups in total. The van der Waals surface area contributed by atoms with E-state index in [0.717, 1.165) is 29.5 Å². The minimum absolute atomic E-state index is 0.367. The molecule has 19 heavy (non-hydrogen) atoms. The average molecular weight is 285 g/mol. The molecule has 0 spiro atoms. The summed E-state index contributed by atoms with van der Waals surface area (Å²) < 4.78 is 32.8. The highest BCUT2D eigenvalue weighted by Gasteiger charge is 2.16. The lowest BCUT2D eigenvalue weighted by molar-refractivity contribution is 0.185. The van der Waals surface area contributed by atoms with E-state index in [1.807, 2.05) is 0 Å². The number of benzene rings is 1. The van der Waals surface area contributed by atoms with Crippen LogP contribution in [-0.2, 0) is 17.9 Å². The maximum absolute atomic E-state index is 13.8. The Bertz CT molecular complexity index is 568. The second-order valence-corrected chi connectivity index (χ2v) is 5.48. The topological polar surface area (TPSA) is 21.3 Å². The summed E-state index contributed by atoms with van der Waals surface area (Å²) in [6, 6.07) is 2.31. The summed E-state index contributed by atoms with van der Waals surface area (Å²) in [5, 5.41) is 3.91. The normalized spacial score (nSPS) is 11.4. The molecule has 0 aliphatic rings. The van der Waals surface area contributed by atoms with Crippen molar-refractivity contribution in [3.8, 4) is 0 Å². The monoisotopic (exact) mass is 285 g/mol. The average Bonchev–Trinajstić information content (AvgIpc) is 2.70. The van der Waals surface area contributed by atoms with E-state index < -0.39 is 11.6 Å². The predicted molar refractivity (Wildman–Crippen MR) is 74.5 cm³/mol. The van der Waals surface area contributed by atoms with Crippen LogP contribution in [0.15, 0.2) is 12.1 Å². The van der Waals surface area contributed by atoms with Gasteiger partial charge in [0, 0.05) is 35.5 Å². The molecule has 2 rings (SSSR count). The molecule has 0 saturated heterocycles. The zero-order valence-electron chi connectivity index (χ0n) is 11.1. The van der Waals surface area contributed by atoms with Gasteiger partial charge in [0.25, 0.3) is 0 Å². The Morgan fingerprint density at radius 1 is 1.32 bits per heavy atom. The quantitative estimate of drug-likeness (QED) is 0.815. The van der Waals surface area contributed by atoms with Crippen molar-refractivity contribution in [2.75, 3.05) is 13.7 Å². The van der Waals surface area contributed by atoms with Gasteiger partial charge in [0.15, 0.2) is 0 Å². The zero-order valence-corrected chi connectivity index (χ0v) is 11.9. The molecule has 0 bridgehead atoms. The van der Waals surface area contributed by atoms with Gasteiger partial charge in [-0.15, -0.1) is 11.3 Å². The lowest BCUT2D eigenvalue weighted by Crippen LogP contribution is -2.13. The molecular weight excluding hydrogens is 268 g/mol. The van der Waals surface area contributed by atoms with Crippen LogP contribution in [-0.4, -0.2) is 13.7 Å². The number of nitrogens with one attached hydrogen (secondary N) is 1. The molecule has 0 fully saturated rings. The van der Waals surface area contributed by atoms with E-state index >= 15 is 0 Å². The van der Waals surface area contributed by atoms with Crippen molar-refractivity contribution in [1.82, 2.24) is 5.32 Å². The van der Waals surface area contributed by atoms with Crippen molar-refractivity contribution < 1.29 is 13.5 Å². The Morgan fingerprint density at radius 3 is 2.79 bits per heavy atom. The minimum Gasteiger partial charge on any atom is -0.380 e. The zero-order chi connectivity index (χ0) is 13.8. The summed E-state index contributed by atoms with van der Waals surface area (Å²) in [6.07, 6.45) is 1.04. The highest BCUT2D eigenvalue weighted by atomic mass is 32.1. The first kappa shape index (κ1) is 14.4. The number of ether oxygens (including phenoxy) is 1. The van der Waals surface area contributed by atoms with E-state index in [-0.39, 0.29) is 0 Å². The minimum atomic E-state index is -0.548. The van der Waals surface area contributed by atoms with Gasteiger partial charge in [-0.3, -0.25) is 0 Å². The van der Waals surface area contributed by atoms with Crippen LogP contribution >= 0.6 is 11.3 Å². The third-order valence-corrected chi connectivity index (χ3v) is 4.15. The van der Waals surface area contributed by atoms with E-state index in [4.69, 9.17) is 4.74 Å². The van der Waals surface area contributed by atoms with Crippen LogP contribution in [0.2, 0.25) is 0 Å². The van der Waals surface area contributed by atoms with Gasteiger partial charge in [-0.05, 0) is 19.0 Å². The van der Waals surface area contributed by atoms with Gasteiger partial charge >= 0.3 is 0 Å². The molecule has 1 heterocycles. The fourth-order valence-electron chi connectivity index (χ4n) is 2.05. The van der Waals surface area contributed by atoms with Crippen molar-refractivity contribution in [3.05, 3.63) is 34.2 Å². The van der Waals surface area contributed by atoms with Crippen LogP contribution in [0.4, 0.5) is 8.78 Å². The molecular formula is C14H17F2NOS. The molecule has 0 saturated carbocycles. The lowest BCUT2D eigenvalue weighted by atomic mass is 10.1. The van der Waals surface area contributed by atoms with E-state index in [1.165, 1.54) is 17.4 Å². The van der Waals surface area contributed by atoms with Crippen molar-refractivity contribution in [2.45, 2.75) is 26.5 Å². The molecule has 2 nitrogen and oxygen atoms in total. The van der Waals surface area contributed by atoms with Gasteiger partial charge in [-0.1, -0.05) is 6.92 Å². The summed E-state index contributed by atoms with van der Waals surface area (Å²) in [6.45, 7) is 4.01. The van der Waals surface area contributed by atoms with Crippen LogP contribution in [0, 0.1) is 11.6 Å². The Labute approximate surface area is 115 Å². The summed E-state index contributed by atoms with van der Waals surface area (Å²) in [7, 11) is 1.59. The van der Waals surface area contributed by atoms with Crippen LogP contribution in [0.3, 0.4) is 0 Å². The second kappa shape index (κ2) is 6.41. The first-order valence-corrected chi connectivity index (χ1v) is 7.08. The Morgan fingerprint density at radius 2 is 2.11 bits per heavy atom. The summed E-state index contributed by atoms with van der Waals surface area (Å²) in [4.78, 5) is 1.01. The van der Waals surface area contributed by atoms with Gasteiger partial charge in [-0.25, -0.2) is 8.78 Å². The number of thiophene rings is 1. The molecule has 0 radical (unpaired) electrons. The Kier molecular flexibility index (Phi) is 4.85. The fraction of sp³-hybridized carbons (Fsp3) is 0.429. The number of halogens is 2. The van der Waals surface area contributed by atoms with Gasteiger partial charge in [0.1, 0.15) is 11.6 Å². The molecule has 1 aromatic carbocycles. The molecule has 0 aliphatic heterocycles. The number of methoxy groups -OCH3 is 1. The van der Waals surface area contributed by atoms with Crippen molar-refractivity contribution in [1.29, 1.82) is 0 Å². The van der Waals surface area contributed by atoms with Gasteiger partial charge < -0.3 is 10.1 Å². The van der Waals surface area contributed by atoms with E-state index in [9.17, 15) is 8.78 Å². The number of fused-ring (bicyclic) bond motifs is 1. The van der Waals surface area contributed by atoms with Gasteiger partial charge in [-0.2, -0.15) is 0 Å². The molecule has 104 valence electrons. The maximum Gasteiger partial charge on any atom is 0.143 e. The highest BCUT2D eigenvalue weighted by Crippen LogP contribution is 2.34. The molecule has 5 heteroatoms. The first-order chi connectivity index (χ1) is 9.17. The number of hydrogen-bond donors (Lipinski definition) is 1. The third kappa shape index (κ3) is 3.11. The molecule has 0 aliphatic carbocycles. The molecule has 0 atom stereocenters. The van der Waals surface area contributed by atoms with Crippen LogP contribution in [0.25, 0.3) is 10.1 Å². The summed E-state index contributed by atoms with van der Waals surface area (Å²) in [5.74, 6) is -1.05. The van der Waals surface area contributed by atoms with Crippen LogP contribution in [0.5, 0.6) is 0 Å². The molecule has 2 aromatic rings. The van der Waals surface area contributed by atoms with E-state index in [0.29, 0.717) is 23.2 Å². The van der Waals surface area contributed by atoms with Crippen LogP contribution in [0.1, 0.15) is 23.8 Å². The summed E-state index contributed by atoms with van der Waals surface area (Å²) >= 11 is 1.37. The smallest absolute Gasteiger partial charge is 0.143 e. The standard InChI is InChI=1S/C14H17F2NOS/c1-3-4-17-7-13-11(8-18-2)10-5-9(15)6-12(16)14(10)19-13/h5-6,17H,3-4,7-8H2,1-2H3.